The Bertz CT molecular complexity index is 1810. The highest BCUT2D eigenvalue weighted by molar-refractivity contribution is 5.95. The average molecular weight is 889 g/mol. The predicted molar refractivity (Wildman–Crippen MR) is 250 cm³/mol. The number of rotatable bonds is 35. The number of phenolic OH excluding ortho intramolecular Hbond substituents is 1. The molecule has 0 fully saturated rings. The maximum Gasteiger partial charge on any atom is 0.243 e. The Kier molecular flexibility index (Phi) is 25.2. The molecule has 64 heavy (non-hydrogen) atoms. The Balaban J connectivity index is 1.61. The van der Waals surface area contributed by atoms with E-state index < -0.39 is 41.6 Å². The molecule has 0 radical (unpaired) electrons. The predicted octanol–water partition coefficient (Wildman–Crippen LogP) is 6.05. The maximum absolute atomic E-state index is 14.1. The summed E-state index contributed by atoms with van der Waals surface area (Å²) in [5.41, 5.74) is 13.3. The van der Waals surface area contributed by atoms with Crippen molar-refractivity contribution in [2.75, 3.05) is 6.54 Å². The molecular weight excluding hydrogens is 813 g/mol. The highest BCUT2D eigenvalue weighted by atomic mass is 16.3. The number of aromatic nitrogens is 4. The second kappa shape index (κ2) is 30.5. The number of amides is 3. The number of hydrogen-bond donors (Lipinski definition) is 8. The van der Waals surface area contributed by atoms with Gasteiger partial charge in [0.15, 0.2) is 17.5 Å². The maximum atomic E-state index is 14.1. The zero-order valence-electron chi connectivity index (χ0n) is 38.5. The van der Waals surface area contributed by atoms with Crippen molar-refractivity contribution >= 4 is 35.2 Å². The molecule has 0 unspecified atom stereocenters. The van der Waals surface area contributed by atoms with E-state index in [2.05, 4.69) is 47.8 Å². The largest absolute Gasteiger partial charge is 0.508 e. The molecule has 16 heteroatoms. The first-order valence-electron chi connectivity index (χ1n) is 23.6. The number of nitrogens with zero attached hydrogens (tertiary/aromatic N) is 3. The quantitative estimate of drug-likeness (QED) is 0.0193. The SMILES string of the molecule is CCCCCCCCCCCCCCCC(=O)N[C@@H](Cc1cnc[nH]1)C(=O)N[C@@H](C)C(=O)C[C@@H](Cc1ccc(O)cc1)C(=O)N[C@@H](CCCN=C(N)N)C(=O)C[C@H](C)Cc1cnc[nH]1. The number of guanidine groups is 1. The number of Topliss-reactive ketones (excluding diaryl/α,β-unsaturated/α-hetero) is 2. The molecule has 10 N–H and O–H groups in total. The Labute approximate surface area is 379 Å². The zero-order valence-corrected chi connectivity index (χ0v) is 38.5. The number of unbranched alkanes of at least 4 members (excludes halogenated alkanes) is 12. The van der Waals surface area contributed by atoms with Crippen LogP contribution >= 0.6 is 0 Å². The van der Waals surface area contributed by atoms with Crippen molar-refractivity contribution < 1.29 is 29.1 Å². The van der Waals surface area contributed by atoms with Gasteiger partial charge in [-0.25, -0.2) is 9.97 Å². The molecule has 2 heterocycles. The van der Waals surface area contributed by atoms with Crippen molar-refractivity contribution in [3.63, 3.8) is 0 Å². The van der Waals surface area contributed by atoms with E-state index in [9.17, 15) is 29.1 Å². The summed E-state index contributed by atoms with van der Waals surface area (Å²) in [6.07, 6.45) is 23.7. The molecule has 0 aliphatic rings. The van der Waals surface area contributed by atoms with Crippen molar-refractivity contribution in [3.05, 3.63) is 66.3 Å². The lowest BCUT2D eigenvalue weighted by Crippen LogP contribution is -2.52. The van der Waals surface area contributed by atoms with Gasteiger partial charge in [-0.15, -0.1) is 0 Å². The van der Waals surface area contributed by atoms with Gasteiger partial charge < -0.3 is 42.5 Å². The molecule has 3 rings (SSSR count). The van der Waals surface area contributed by atoms with Gasteiger partial charge in [-0.1, -0.05) is 103 Å². The summed E-state index contributed by atoms with van der Waals surface area (Å²) >= 11 is 0. The molecule has 354 valence electrons. The smallest absolute Gasteiger partial charge is 0.243 e. The number of aromatic amines is 2. The van der Waals surface area contributed by atoms with Crippen LogP contribution in [0.3, 0.4) is 0 Å². The molecule has 3 amide bonds. The van der Waals surface area contributed by atoms with Gasteiger partial charge >= 0.3 is 0 Å². The van der Waals surface area contributed by atoms with Crippen LogP contribution in [0.4, 0.5) is 0 Å². The number of phenols is 1. The monoisotopic (exact) mass is 889 g/mol. The van der Waals surface area contributed by atoms with Crippen molar-refractivity contribution in [3.8, 4) is 5.75 Å². The lowest BCUT2D eigenvalue weighted by atomic mass is 9.90. The summed E-state index contributed by atoms with van der Waals surface area (Å²) in [4.78, 5) is 86.8. The summed E-state index contributed by atoms with van der Waals surface area (Å²) < 4.78 is 0. The Morgan fingerprint density at radius 1 is 0.672 bits per heavy atom. The van der Waals surface area contributed by atoms with Gasteiger partial charge in [0.2, 0.25) is 17.7 Å². The van der Waals surface area contributed by atoms with Gasteiger partial charge in [-0.3, -0.25) is 29.0 Å². The van der Waals surface area contributed by atoms with Crippen LogP contribution in [0, 0.1) is 11.8 Å². The standard InChI is InChI=1S/C48H76N10O6/c1-4-5-6-7-8-9-10-11-12-13-14-15-16-19-45(62)57-42(29-39-31-52-33-55-39)47(64)56-35(3)43(60)28-37(27-36-20-22-40(59)23-21-36)46(63)58-41(18-17-24-53-48(49)50)44(61)26-34(2)25-38-30-51-32-54-38/h20-23,30-35,37,41-42,59H,4-19,24-29H2,1-3H3,(H,51,54)(H,52,55)(H,56,64)(H,57,62)(H,58,63)(H4,49,50,53)/t34-,35+,37-,41+,42+/m1/s1. The van der Waals surface area contributed by atoms with E-state index in [1.165, 1.54) is 76.2 Å². The van der Waals surface area contributed by atoms with Crippen LogP contribution in [0.2, 0.25) is 0 Å². The number of nitrogens with two attached hydrogens (primary N) is 2. The first-order chi connectivity index (χ1) is 30.8. The highest BCUT2D eigenvalue weighted by Gasteiger charge is 2.31. The summed E-state index contributed by atoms with van der Waals surface area (Å²) in [5, 5.41) is 18.5. The van der Waals surface area contributed by atoms with Crippen molar-refractivity contribution in [2.45, 2.75) is 174 Å². The van der Waals surface area contributed by atoms with Gasteiger partial charge in [0.25, 0.3) is 0 Å². The molecular formula is C48H76N10O6. The Morgan fingerprint density at radius 2 is 1.25 bits per heavy atom. The van der Waals surface area contributed by atoms with Crippen LogP contribution in [0.25, 0.3) is 0 Å². The topological polar surface area (TPSA) is 263 Å². The van der Waals surface area contributed by atoms with E-state index in [4.69, 9.17) is 11.5 Å². The van der Waals surface area contributed by atoms with Crippen LogP contribution in [-0.4, -0.2) is 85.0 Å². The van der Waals surface area contributed by atoms with Crippen LogP contribution in [0.5, 0.6) is 5.75 Å². The van der Waals surface area contributed by atoms with E-state index in [0.717, 1.165) is 25.0 Å². The molecule has 16 nitrogen and oxygen atoms in total. The minimum absolute atomic E-state index is 0.0500. The molecule has 3 aromatic rings. The van der Waals surface area contributed by atoms with Gasteiger partial charge in [0, 0.05) is 61.9 Å². The molecule has 0 saturated carbocycles. The minimum Gasteiger partial charge on any atom is -0.508 e. The average Bonchev–Trinajstić information content (AvgIpc) is 3.98. The zero-order chi connectivity index (χ0) is 46.5. The fraction of sp³-hybridized carbons (Fsp3) is 0.625. The lowest BCUT2D eigenvalue weighted by Gasteiger charge is -2.25. The van der Waals surface area contributed by atoms with Crippen LogP contribution in [0.1, 0.15) is 153 Å². The third-order valence-corrected chi connectivity index (χ3v) is 11.5. The van der Waals surface area contributed by atoms with E-state index in [1.54, 1.807) is 37.8 Å². The minimum atomic E-state index is -1.01. The number of ketones is 2. The van der Waals surface area contributed by atoms with E-state index in [-0.39, 0.29) is 74.4 Å². The van der Waals surface area contributed by atoms with E-state index in [0.29, 0.717) is 30.5 Å². The van der Waals surface area contributed by atoms with Crippen LogP contribution in [-0.2, 0) is 43.2 Å². The number of benzene rings is 1. The summed E-state index contributed by atoms with van der Waals surface area (Å²) in [6, 6.07) is 3.49. The van der Waals surface area contributed by atoms with Crippen LogP contribution < -0.4 is 27.4 Å². The molecule has 1 aromatic carbocycles. The molecule has 0 aliphatic heterocycles. The third kappa shape index (κ3) is 22.2. The molecule has 0 aliphatic carbocycles. The molecule has 0 spiro atoms. The molecule has 5 atom stereocenters. The van der Waals surface area contributed by atoms with E-state index >= 15 is 0 Å². The fourth-order valence-corrected chi connectivity index (χ4v) is 7.82. The van der Waals surface area contributed by atoms with Crippen molar-refractivity contribution in [1.82, 2.24) is 35.9 Å². The lowest BCUT2D eigenvalue weighted by molar-refractivity contribution is -0.134. The Hall–Kier alpha value is -5.54. The molecule has 0 bridgehead atoms. The van der Waals surface area contributed by atoms with E-state index in [1.807, 2.05) is 6.92 Å². The fourth-order valence-electron chi connectivity index (χ4n) is 7.82. The second-order valence-electron chi connectivity index (χ2n) is 17.4. The number of carbonyl (C=O) groups excluding carboxylic acids is 5. The van der Waals surface area contributed by atoms with Crippen LogP contribution in [0.15, 0.2) is 54.3 Å². The summed E-state index contributed by atoms with van der Waals surface area (Å²) in [6.45, 7) is 6.00. The number of nitrogens with one attached hydrogen (secondary N) is 5. The third-order valence-electron chi connectivity index (χ3n) is 11.5. The van der Waals surface area contributed by atoms with Gasteiger partial charge in [-0.2, -0.15) is 0 Å². The van der Waals surface area contributed by atoms with Gasteiger partial charge in [-0.05, 0) is 62.6 Å². The molecule has 2 aromatic heterocycles. The highest BCUT2D eigenvalue weighted by Crippen LogP contribution is 2.20. The number of hydrogen-bond acceptors (Lipinski definition) is 9. The Morgan fingerprint density at radius 3 is 1.81 bits per heavy atom. The number of carbonyl (C=O) groups is 5. The number of H-pyrrole nitrogens is 2. The summed E-state index contributed by atoms with van der Waals surface area (Å²) in [5.74, 6) is -2.86. The number of imidazole rings is 2. The van der Waals surface area contributed by atoms with Gasteiger partial charge in [0.05, 0.1) is 24.7 Å². The first-order valence-corrected chi connectivity index (χ1v) is 23.6. The summed E-state index contributed by atoms with van der Waals surface area (Å²) in [7, 11) is 0. The second-order valence-corrected chi connectivity index (χ2v) is 17.4. The van der Waals surface area contributed by atoms with Crippen molar-refractivity contribution in [2.24, 2.45) is 28.3 Å². The number of aromatic hydroxyl groups is 1. The first kappa shape index (κ1) is 52.8. The number of aliphatic imine (C=N–C) groups is 1. The normalized spacial score (nSPS) is 13.5. The van der Waals surface area contributed by atoms with Gasteiger partial charge in [0.1, 0.15) is 11.8 Å². The van der Waals surface area contributed by atoms with Crippen molar-refractivity contribution in [1.29, 1.82) is 0 Å². The molecule has 0 saturated heterocycles.